The molecule has 0 aliphatic carbocycles. The second-order valence-electron chi connectivity index (χ2n) is 8.35. The van der Waals surface area contributed by atoms with E-state index >= 15 is 0 Å². The summed E-state index contributed by atoms with van der Waals surface area (Å²) in [7, 11) is 0. The number of hydrogen-bond donors (Lipinski definition) is 1. The molecule has 1 N–H and O–H groups in total. The van der Waals surface area contributed by atoms with Crippen molar-refractivity contribution in [2.75, 3.05) is 13.2 Å². The van der Waals surface area contributed by atoms with Gasteiger partial charge in [0.2, 0.25) is 0 Å². The van der Waals surface area contributed by atoms with E-state index in [0.29, 0.717) is 34.7 Å². The van der Waals surface area contributed by atoms with Crippen molar-refractivity contribution in [2.24, 2.45) is 5.92 Å². The molecule has 1 saturated heterocycles. The van der Waals surface area contributed by atoms with Crippen LogP contribution in [-0.4, -0.2) is 35.9 Å². The molecule has 2 heterocycles. The van der Waals surface area contributed by atoms with Crippen molar-refractivity contribution in [2.45, 2.75) is 32.5 Å². The molecule has 4 rings (SSSR count). The van der Waals surface area contributed by atoms with Gasteiger partial charge in [0.05, 0.1) is 11.1 Å². The van der Waals surface area contributed by atoms with E-state index in [1.807, 2.05) is 43.5 Å². The maximum absolute atomic E-state index is 13.2. The van der Waals surface area contributed by atoms with Gasteiger partial charge in [-0.2, -0.15) is 0 Å². The molecule has 178 valence electrons. The van der Waals surface area contributed by atoms with Crippen LogP contribution in [0.1, 0.15) is 37.8 Å². The third-order valence-electron chi connectivity index (χ3n) is 5.53. The summed E-state index contributed by atoms with van der Waals surface area (Å²) in [6.07, 6.45) is 3.45. The number of para-hydroxylation sites is 1. The smallest absolute Gasteiger partial charge is 0.324 e. The van der Waals surface area contributed by atoms with Gasteiger partial charge in [0.25, 0.3) is 5.79 Å². The van der Waals surface area contributed by atoms with E-state index < -0.39 is 29.6 Å². The van der Waals surface area contributed by atoms with Gasteiger partial charge in [0.1, 0.15) is 6.61 Å². The number of cyclic esters (lactones) is 2. The highest BCUT2D eigenvalue weighted by atomic mass is 79.9. The summed E-state index contributed by atoms with van der Waals surface area (Å²) in [5.74, 6) is -3.51. The Kier molecular flexibility index (Phi) is 6.70. The van der Waals surface area contributed by atoms with Crippen LogP contribution in [-0.2, 0) is 19.1 Å². The molecule has 1 aliphatic rings. The minimum Gasteiger partial charge on any atom is -0.490 e. The lowest BCUT2D eigenvalue weighted by Gasteiger charge is -2.36. The standard InChI is InChI=1S/C26H26BrNO6/c1-5-11-32-23-18(27)12-15(13-20(23)31-6-2)21(17-14-28-19-10-8-7-9-16(17)19)22-24(29)33-26(3,4)34-25(22)30/h5,7-10,12-14,21-22,28H,1,6,11H2,2-4H3/t21-/m0/s1. The lowest BCUT2D eigenvalue weighted by atomic mass is 9.80. The normalized spacial score (nSPS) is 16.6. The first-order chi connectivity index (χ1) is 16.3. The van der Waals surface area contributed by atoms with Crippen molar-refractivity contribution in [1.82, 2.24) is 4.98 Å². The number of nitrogens with one attached hydrogen (secondary N) is 1. The Labute approximate surface area is 206 Å². The summed E-state index contributed by atoms with van der Waals surface area (Å²) in [6, 6.07) is 11.3. The molecule has 1 aromatic heterocycles. The lowest BCUT2D eigenvalue weighted by molar-refractivity contribution is -0.240. The predicted octanol–water partition coefficient (Wildman–Crippen LogP) is 5.48. The minimum atomic E-state index is -1.32. The van der Waals surface area contributed by atoms with Gasteiger partial charge in [0, 0.05) is 36.9 Å². The third-order valence-corrected chi connectivity index (χ3v) is 6.12. The fraction of sp³-hybridized carbons (Fsp3) is 0.308. The quantitative estimate of drug-likeness (QED) is 0.237. The second kappa shape index (κ2) is 9.54. The van der Waals surface area contributed by atoms with Crippen LogP contribution in [0.3, 0.4) is 0 Å². The van der Waals surface area contributed by atoms with E-state index in [0.717, 1.165) is 16.5 Å². The van der Waals surface area contributed by atoms with Gasteiger partial charge in [-0.05, 0) is 52.2 Å². The number of carbonyl (C=O) groups is 2. The van der Waals surface area contributed by atoms with Gasteiger partial charge in [-0.3, -0.25) is 9.59 Å². The SMILES string of the molecule is C=CCOc1c(Br)cc([C@@H](c2c[nH]c3ccccc23)C2C(=O)OC(C)(C)OC2=O)cc1OCC. The summed E-state index contributed by atoms with van der Waals surface area (Å²) in [6.45, 7) is 9.33. The van der Waals surface area contributed by atoms with Crippen LogP contribution in [0.5, 0.6) is 11.5 Å². The molecule has 7 nitrogen and oxygen atoms in total. The average molecular weight is 528 g/mol. The second-order valence-corrected chi connectivity index (χ2v) is 9.20. The number of halogens is 1. The van der Waals surface area contributed by atoms with Crippen LogP contribution in [0.25, 0.3) is 10.9 Å². The fourth-order valence-corrected chi connectivity index (χ4v) is 4.79. The van der Waals surface area contributed by atoms with Crippen LogP contribution >= 0.6 is 15.9 Å². The highest BCUT2D eigenvalue weighted by Crippen LogP contribution is 2.45. The zero-order valence-corrected chi connectivity index (χ0v) is 20.8. The molecule has 0 amide bonds. The molecule has 0 spiro atoms. The molecule has 3 aromatic rings. The van der Waals surface area contributed by atoms with Crippen molar-refractivity contribution in [1.29, 1.82) is 0 Å². The average Bonchev–Trinajstić information content (AvgIpc) is 3.19. The number of hydrogen-bond acceptors (Lipinski definition) is 6. The van der Waals surface area contributed by atoms with E-state index in [-0.39, 0.29) is 0 Å². The van der Waals surface area contributed by atoms with Crippen LogP contribution in [0.4, 0.5) is 0 Å². The molecule has 2 aromatic carbocycles. The van der Waals surface area contributed by atoms with Crippen molar-refractivity contribution >= 4 is 38.8 Å². The number of carbonyl (C=O) groups excluding carboxylic acids is 2. The Bertz CT molecular complexity index is 1230. The summed E-state index contributed by atoms with van der Waals surface area (Å²) < 4.78 is 23.2. The maximum Gasteiger partial charge on any atom is 0.324 e. The number of fused-ring (bicyclic) bond motifs is 1. The number of aromatic amines is 1. The minimum absolute atomic E-state index is 0.292. The number of H-pyrrole nitrogens is 1. The van der Waals surface area contributed by atoms with E-state index in [1.165, 1.54) is 13.8 Å². The molecule has 1 aliphatic heterocycles. The number of rotatable bonds is 8. The van der Waals surface area contributed by atoms with Crippen LogP contribution in [0, 0.1) is 5.92 Å². The number of ether oxygens (including phenoxy) is 4. The van der Waals surface area contributed by atoms with Gasteiger partial charge in [-0.1, -0.05) is 30.9 Å². The Morgan fingerprint density at radius 2 is 1.88 bits per heavy atom. The van der Waals surface area contributed by atoms with Gasteiger partial charge in [-0.15, -0.1) is 0 Å². The summed E-state index contributed by atoms with van der Waals surface area (Å²) in [5, 5.41) is 0.888. The number of esters is 2. The molecular formula is C26H26BrNO6. The van der Waals surface area contributed by atoms with Crippen molar-refractivity contribution in [3.05, 3.63) is 70.8 Å². The first kappa shape index (κ1) is 23.9. The highest BCUT2D eigenvalue weighted by Gasteiger charge is 2.49. The maximum atomic E-state index is 13.2. The van der Waals surface area contributed by atoms with Gasteiger partial charge >= 0.3 is 11.9 Å². The Morgan fingerprint density at radius 1 is 1.18 bits per heavy atom. The molecule has 1 atom stereocenters. The van der Waals surface area contributed by atoms with E-state index in [9.17, 15) is 9.59 Å². The Balaban J connectivity index is 1.91. The van der Waals surface area contributed by atoms with Gasteiger partial charge in [-0.25, -0.2) is 0 Å². The molecule has 0 radical (unpaired) electrons. The summed E-state index contributed by atoms with van der Waals surface area (Å²) in [4.78, 5) is 29.6. The molecule has 1 fully saturated rings. The number of aromatic nitrogens is 1. The van der Waals surface area contributed by atoms with E-state index in [1.54, 1.807) is 12.1 Å². The molecule has 0 saturated carbocycles. The first-order valence-electron chi connectivity index (χ1n) is 11.0. The molecule has 0 bridgehead atoms. The van der Waals surface area contributed by atoms with Crippen molar-refractivity contribution in [3.63, 3.8) is 0 Å². The molecule has 0 unspecified atom stereocenters. The van der Waals surface area contributed by atoms with Crippen LogP contribution in [0.2, 0.25) is 0 Å². The van der Waals surface area contributed by atoms with Gasteiger partial charge in [0.15, 0.2) is 17.4 Å². The Hall–Kier alpha value is -3.26. The lowest BCUT2D eigenvalue weighted by Crippen LogP contribution is -2.48. The Morgan fingerprint density at radius 3 is 2.56 bits per heavy atom. The third kappa shape index (κ3) is 4.55. The zero-order chi connectivity index (χ0) is 24.5. The summed E-state index contributed by atoms with van der Waals surface area (Å²) in [5.41, 5.74) is 2.32. The largest absolute Gasteiger partial charge is 0.490 e. The fourth-order valence-electron chi connectivity index (χ4n) is 4.22. The van der Waals surface area contributed by atoms with Crippen molar-refractivity contribution < 1.29 is 28.5 Å². The molecule has 8 heteroatoms. The van der Waals surface area contributed by atoms with E-state index in [4.69, 9.17) is 18.9 Å². The highest BCUT2D eigenvalue weighted by molar-refractivity contribution is 9.10. The number of benzene rings is 2. The topological polar surface area (TPSA) is 86.9 Å². The molecular weight excluding hydrogens is 502 g/mol. The monoisotopic (exact) mass is 527 g/mol. The first-order valence-corrected chi connectivity index (χ1v) is 11.8. The van der Waals surface area contributed by atoms with Crippen LogP contribution < -0.4 is 9.47 Å². The van der Waals surface area contributed by atoms with Crippen molar-refractivity contribution in [3.8, 4) is 11.5 Å². The van der Waals surface area contributed by atoms with Crippen LogP contribution in [0.15, 0.2) is 59.7 Å². The predicted molar refractivity (Wildman–Crippen MR) is 131 cm³/mol. The van der Waals surface area contributed by atoms with E-state index in [2.05, 4.69) is 27.5 Å². The summed E-state index contributed by atoms with van der Waals surface area (Å²) >= 11 is 3.57. The zero-order valence-electron chi connectivity index (χ0n) is 19.2. The molecule has 34 heavy (non-hydrogen) atoms. The van der Waals surface area contributed by atoms with Gasteiger partial charge < -0.3 is 23.9 Å².